The van der Waals surface area contributed by atoms with E-state index in [1.807, 2.05) is 12.1 Å². The van der Waals surface area contributed by atoms with Gasteiger partial charge >= 0.3 is 5.97 Å². The summed E-state index contributed by atoms with van der Waals surface area (Å²) in [5, 5.41) is 0. The predicted octanol–water partition coefficient (Wildman–Crippen LogP) is 2.59. The molecular formula is C13H16O2. The van der Waals surface area contributed by atoms with Crippen LogP contribution in [-0.2, 0) is 14.9 Å². The summed E-state index contributed by atoms with van der Waals surface area (Å²) in [4.78, 5) is 11.8. The fourth-order valence-corrected chi connectivity index (χ4v) is 2.21. The molecule has 0 spiro atoms. The van der Waals surface area contributed by atoms with Crippen molar-refractivity contribution < 1.29 is 9.53 Å². The third kappa shape index (κ3) is 1.54. The van der Waals surface area contributed by atoms with Crippen LogP contribution in [0.1, 0.15) is 30.4 Å². The molecule has 2 heteroatoms. The van der Waals surface area contributed by atoms with Gasteiger partial charge in [0.05, 0.1) is 12.5 Å². The molecule has 1 fully saturated rings. The molecule has 0 unspecified atom stereocenters. The van der Waals surface area contributed by atoms with Crippen LogP contribution >= 0.6 is 0 Å². The Hall–Kier alpha value is -1.31. The molecule has 0 radical (unpaired) electrons. The predicted molar refractivity (Wildman–Crippen MR) is 58.7 cm³/mol. The molecule has 1 aromatic rings. The summed E-state index contributed by atoms with van der Waals surface area (Å²) in [7, 11) is 1.47. The highest BCUT2D eigenvalue weighted by Gasteiger charge is 2.46. The molecule has 0 atom stereocenters. The molecule has 1 saturated carbocycles. The quantitative estimate of drug-likeness (QED) is 0.692. The summed E-state index contributed by atoms with van der Waals surface area (Å²) >= 11 is 0. The number of ether oxygens (including phenoxy) is 1. The first-order valence-electron chi connectivity index (χ1n) is 5.34. The Balaban J connectivity index is 2.34. The van der Waals surface area contributed by atoms with Crippen LogP contribution in [0.3, 0.4) is 0 Å². The summed E-state index contributed by atoms with van der Waals surface area (Å²) in [5.41, 5.74) is 1.98. The SMILES string of the molecule is COC(=O)C1(c2ccc(C)cc2)CCC1. The Morgan fingerprint density at radius 1 is 1.27 bits per heavy atom. The van der Waals surface area contributed by atoms with Crippen LogP contribution in [0.15, 0.2) is 24.3 Å². The Morgan fingerprint density at radius 2 is 1.87 bits per heavy atom. The largest absolute Gasteiger partial charge is 0.468 e. The molecule has 0 amide bonds. The van der Waals surface area contributed by atoms with Crippen LogP contribution in [0.25, 0.3) is 0 Å². The Bertz CT molecular complexity index is 361. The van der Waals surface area contributed by atoms with Gasteiger partial charge in [-0.15, -0.1) is 0 Å². The number of esters is 1. The molecule has 0 saturated heterocycles. The van der Waals surface area contributed by atoms with Gasteiger partial charge in [0.1, 0.15) is 0 Å². The van der Waals surface area contributed by atoms with Crippen LogP contribution < -0.4 is 0 Å². The van der Waals surface area contributed by atoms with Gasteiger partial charge < -0.3 is 4.74 Å². The summed E-state index contributed by atoms with van der Waals surface area (Å²) < 4.78 is 4.90. The molecular weight excluding hydrogens is 188 g/mol. The number of carbonyl (C=O) groups is 1. The molecule has 2 nitrogen and oxygen atoms in total. The number of methoxy groups -OCH3 is 1. The molecule has 0 N–H and O–H groups in total. The van der Waals surface area contributed by atoms with Crippen molar-refractivity contribution in [2.45, 2.75) is 31.6 Å². The highest BCUT2D eigenvalue weighted by molar-refractivity contribution is 5.84. The fourth-order valence-electron chi connectivity index (χ4n) is 2.21. The summed E-state index contributed by atoms with van der Waals surface area (Å²) in [6, 6.07) is 8.20. The van der Waals surface area contributed by atoms with Crippen molar-refractivity contribution >= 4 is 5.97 Å². The van der Waals surface area contributed by atoms with Gasteiger partial charge in [-0.2, -0.15) is 0 Å². The maximum Gasteiger partial charge on any atom is 0.316 e. The van der Waals surface area contributed by atoms with Crippen molar-refractivity contribution in [2.24, 2.45) is 0 Å². The highest BCUT2D eigenvalue weighted by atomic mass is 16.5. The van der Waals surface area contributed by atoms with Gasteiger partial charge in [-0.3, -0.25) is 4.79 Å². The fraction of sp³-hybridized carbons (Fsp3) is 0.462. The maximum atomic E-state index is 11.8. The Kier molecular flexibility index (Phi) is 2.51. The monoisotopic (exact) mass is 204 g/mol. The van der Waals surface area contributed by atoms with Gasteiger partial charge in [-0.25, -0.2) is 0 Å². The minimum absolute atomic E-state index is 0.0856. The second kappa shape index (κ2) is 3.69. The van der Waals surface area contributed by atoms with Gasteiger partial charge in [-0.05, 0) is 25.3 Å². The first-order valence-corrected chi connectivity index (χ1v) is 5.34. The maximum absolute atomic E-state index is 11.8. The van der Waals surface area contributed by atoms with E-state index in [0.29, 0.717) is 0 Å². The van der Waals surface area contributed by atoms with Crippen LogP contribution in [0.5, 0.6) is 0 Å². The number of rotatable bonds is 2. The average molecular weight is 204 g/mol. The highest BCUT2D eigenvalue weighted by Crippen LogP contribution is 2.44. The van der Waals surface area contributed by atoms with E-state index >= 15 is 0 Å². The zero-order valence-electron chi connectivity index (χ0n) is 9.25. The van der Waals surface area contributed by atoms with Crippen LogP contribution in [0, 0.1) is 6.92 Å². The lowest BCUT2D eigenvalue weighted by Gasteiger charge is -2.39. The van der Waals surface area contributed by atoms with Crippen LogP contribution in [-0.4, -0.2) is 13.1 Å². The standard InChI is InChI=1S/C13H16O2/c1-10-4-6-11(7-5-10)13(8-3-9-13)12(14)15-2/h4-7H,3,8-9H2,1-2H3. The van der Waals surface area contributed by atoms with E-state index in [2.05, 4.69) is 19.1 Å². The van der Waals surface area contributed by atoms with Crippen LogP contribution in [0.2, 0.25) is 0 Å². The molecule has 1 aliphatic carbocycles. The molecule has 1 aliphatic rings. The third-order valence-electron chi connectivity index (χ3n) is 3.39. The average Bonchev–Trinajstić information content (AvgIpc) is 2.19. The normalized spacial score (nSPS) is 18.0. The minimum Gasteiger partial charge on any atom is -0.468 e. The van der Waals surface area contributed by atoms with Gasteiger partial charge in [0, 0.05) is 0 Å². The zero-order valence-corrected chi connectivity index (χ0v) is 9.25. The van der Waals surface area contributed by atoms with Crippen molar-refractivity contribution in [2.75, 3.05) is 7.11 Å². The molecule has 0 heterocycles. The molecule has 0 bridgehead atoms. The molecule has 2 rings (SSSR count). The number of hydrogen-bond acceptors (Lipinski definition) is 2. The van der Waals surface area contributed by atoms with Gasteiger partial charge in [0.25, 0.3) is 0 Å². The molecule has 0 aromatic heterocycles. The first-order chi connectivity index (χ1) is 7.19. The van der Waals surface area contributed by atoms with Crippen LogP contribution in [0.4, 0.5) is 0 Å². The number of carbonyl (C=O) groups excluding carboxylic acids is 1. The second-order valence-electron chi connectivity index (χ2n) is 4.29. The van der Waals surface area contributed by atoms with E-state index < -0.39 is 0 Å². The molecule has 15 heavy (non-hydrogen) atoms. The summed E-state index contributed by atoms with van der Waals surface area (Å²) in [6.07, 6.45) is 2.95. The van der Waals surface area contributed by atoms with E-state index in [-0.39, 0.29) is 11.4 Å². The zero-order chi connectivity index (χ0) is 10.9. The number of aryl methyl sites for hydroxylation is 1. The Labute approximate surface area is 90.3 Å². The topological polar surface area (TPSA) is 26.3 Å². The number of hydrogen-bond donors (Lipinski definition) is 0. The van der Waals surface area contributed by atoms with E-state index in [9.17, 15) is 4.79 Å². The lowest BCUT2D eigenvalue weighted by atomic mass is 9.64. The van der Waals surface area contributed by atoms with Crippen molar-refractivity contribution in [3.63, 3.8) is 0 Å². The van der Waals surface area contributed by atoms with Crippen molar-refractivity contribution in [3.8, 4) is 0 Å². The summed E-state index contributed by atoms with van der Waals surface area (Å²) in [6.45, 7) is 2.05. The summed E-state index contributed by atoms with van der Waals surface area (Å²) in [5.74, 6) is -0.0856. The van der Waals surface area contributed by atoms with Gasteiger partial charge in [0.2, 0.25) is 0 Å². The third-order valence-corrected chi connectivity index (χ3v) is 3.39. The lowest BCUT2D eigenvalue weighted by molar-refractivity contribution is -0.151. The lowest BCUT2D eigenvalue weighted by Crippen LogP contribution is -2.43. The smallest absolute Gasteiger partial charge is 0.316 e. The van der Waals surface area contributed by atoms with Crippen molar-refractivity contribution in [1.82, 2.24) is 0 Å². The molecule has 80 valence electrons. The number of benzene rings is 1. The molecule has 0 aliphatic heterocycles. The Morgan fingerprint density at radius 3 is 2.27 bits per heavy atom. The van der Waals surface area contributed by atoms with Crippen molar-refractivity contribution in [1.29, 1.82) is 0 Å². The van der Waals surface area contributed by atoms with Gasteiger partial charge in [-0.1, -0.05) is 36.2 Å². The van der Waals surface area contributed by atoms with Gasteiger partial charge in [0.15, 0.2) is 0 Å². The molecule has 1 aromatic carbocycles. The van der Waals surface area contributed by atoms with Crippen molar-refractivity contribution in [3.05, 3.63) is 35.4 Å². The van der Waals surface area contributed by atoms with E-state index in [0.717, 1.165) is 24.8 Å². The minimum atomic E-state index is -0.345. The first kappa shape index (κ1) is 10.2. The second-order valence-corrected chi connectivity index (χ2v) is 4.29. The van der Waals surface area contributed by atoms with E-state index in [1.165, 1.54) is 12.7 Å². The van der Waals surface area contributed by atoms with E-state index in [1.54, 1.807) is 0 Å². The van der Waals surface area contributed by atoms with E-state index in [4.69, 9.17) is 4.74 Å².